The Morgan fingerprint density at radius 2 is 1.67 bits per heavy atom. The van der Waals surface area contributed by atoms with E-state index in [0.29, 0.717) is 11.0 Å². The number of carbonyl (C=O) groups is 1. The number of aromatic hydroxyl groups is 1. The third-order valence-electron chi connectivity index (χ3n) is 4.79. The minimum Gasteiger partial charge on any atom is -0.507 e. The molecule has 0 aliphatic carbocycles. The summed E-state index contributed by atoms with van der Waals surface area (Å²) < 4.78 is 51.0. The van der Waals surface area contributed by atoms with Crippen molar-refractivity contribution in [2.45, 2.75) is 16.7 Å². The second-order valence-corrected chi connectivity index (χ2v) is 10.4. The first-order valence-corrected chi connectivity index (χ1v) is 12.5. The fraction of sp³-hybridized carbons (Fsp3) is 0.0476. The second kappa shape index (κ2) is 7.99. The number of hydrogen-bond donors (Lipinski definition) is 4. The highest BCUT2D eigenvalue weighted by atomic mass is 32.2. The third kappa shape index (κ3) is 4.44. The lowest BCUT2D eigenvalue weighted by atomic mass is 10.0. The molecule has 0 aliphatic heterocycles. The number of sulfonamides is 2. The smallest absolute Gasteiger partial charge is 0.264 e. The topological polar surface area (TPSA) is 172 Å². The van der Waals surface area contributed by atoms with Crippen LogP contribution in [0.1, 0.15) is 6.92 Å². The standard InChI is InChI=1S/C21H18N4O6S2/c1-12(26)25-33(30,31)15-10-16(13-5-4-6-14(9-13)32(22,28)29)20(27)17(11-15)21-23-18-7-2-3-8-19(18)24-21/h2-11,27H,1H3,(H,23,24)(H,25,26)(H2,22,28,29). The molecule has 4 rings (SSSR count). The van der Waals surface area contributed by atoms with Crippen LogP contribution < -0.4 is 9.86 Å². The number of carbonyl (C=O) groups excluding carboxylic acids is 1. The largest absolute Gasteiger partial charge is 0.507 e. The summed E-state index contributed by atoms with van der Waals surface area (Å²) in [4.78, 5) is 18.3. The molecule has 0 aliphatic rings. The Morgan fingerprint density at radius 3 is 2.33 bits per heavy atom. The molecule has 1 aromatic heterocycles. The Bertz CT molecular complexity index is 1590. The van der Waals surface area contributed by atoms with E-state index in [1.807, 2.05) is 4.72 Å². The van der Waals surface area contributed by atoms with E-state index in [0.717, 1.165) is 13.0 Å². The number of fused-ring (bicyclic) bond motifs is 1. The molecule has 1 amide bonds. The van der Waals surface area contributed by atoms with Crippen LogP contribution in [0.25, 0.3) is 33.5 Å². The quantitative estimate of drug-likeness (QED) is 0.334. The number of rotatable bonds is 5. The molecule has 10 nitrogen and oxygen atoms in total. The lowest BCUT2D eigenvalue weighted by Crippen LogP contribution is -2.28. The number of benzene rings is 3. The van der Waals surface area contributed by atoms with E-state index in [2.05, 4.69) is 9.97 Å². The van der Waals surface area contributed by atoms with Crippen LogP contribution in [0.5, 0.6) is 5.75 Å². The second-order valence-electron chi connectivity index (χ2n) is 7.20. The highest BCUT2D eigenvalue weighted by Gasteiger charge is 2.23. The Morgan fingerprint density at radius 1 is 0.970 bits per heavy atom. The van der Waals surface area contributed by atoms with Crippen molar-refractivity contribution < 1.29 is 26.7 Å². The predicted octanol–water partition coefficient (Wildman–Crippen LogP) is 2.07. The molecular weight excluding hydrogens is 468 g/mol. The van der Waals surface area contributed by atoms with Gasteiger partial charge in [0.05, 0.1) is 26.4 Å². The molecule has 0 saturated heterocycles. The van der Waals surface area contributed by atoms with Gasteiger partial charge in [0, 0.05) is 12.5 Å². The Kier molecular flexibility index (Phi) is 5.44. The summed E-state index contributed by atoms with van der Waals surface area (Å²) in [5, 5.41) is 16.3. The molecule has 0 fully saturated rings. The molecular formula is C21H18N4O6S2. The lowest BCUT2D eigenvalue weighted by molar-refractivity contribution is -0.117. The molecule has 0 unspecified atom stereocenters. The van der Waals surface area contributed by atoms with Crippen LogP contribution in [-0.2, 0) is 24.8 Å². The van der Waals surface area contributed by atoms with Crippen LogP contribution in [0.3, 0.4) is 0 Å². The third-order valence-corrected chi connectivity index (χ3v) is 7.11. The van der Waals surface area contributed by atoms with E-state index in [1.54, 1.807) is 24.3 Å². The van der Waals surface area contributed by atoms with Crippen LogP contribution in [0.2, 0.25) is 0 Å². The van der Waals surface area contributed by atoms with Gasteiger partial charge in [0.15, 0.2) is 0 Å². The van der Waals surface area contributed by atoms with Crippen molar-refractivity contribution in [3.63, 3.8) is 0 Å². The van der Waals surface area contributed by atoms with Gasteiger partial charge in [-0.3, -0.25) is 4.79 Å². The summed E-state index contributed by atoms with van der Waals surface area (Å²) in [5.41, 5.74) is 1.46. The maximum absolute atomic E-state index is 12.8. The normalized spacial score (nSPS) is 12.1. The van der Waals surface area contributed by atoms with Crippen molar-refractivity contribution in [1.29, 1.82) is 0 Å². The molecule has 0 radical (unpaired) electrons. The number of nitrogens with two attached hydrogens (primary N) is 1. The van der Waals surface area contributed by atoms with Gasteiger partial charge in [-0.15, -0.1) is 0 Å². The number of phenolic OH excluding ortho intramolecular Hbond substituents is 1. The minimum atomic E-state index is -4.30. The number of nitrogens with zero attached hydrogens (tertiary/aromatic N) is 1. The summed E-state index contributed by atoms with van der Waals surface area (Å²) in [6, 6.07) is 14.7. The molecule has 170 valence electrons. The summed E-state index contributed by atoms with van der Waals surface area (Å²) in [7, 11) is -8.36. The van der Waals surface area contributed by atoms with E-state index in [4.69, 9.17) is 5.14 Å². The number of imidazole rings is 1. The summed E-state index contributed by atoms with van der Waals surface area (Å²) >= 11 is 0. The van der Waals surface area contributed by atoms with Gasteiger partial charge in [-0.05, 0) is 42.0 Å². The molecule has 1 heterocycles. The van der Waals surface area contributed by atoms with Gasteiger partial charge >= 0.3 is 0 Å². The summed E-state index contributed by atoms with van der Waals surface area (Å²) in [6.45, 7) is 1.05. The van der Waals surface area contributed by atoms with Crippen LogP contribution >= 0.6 is 0 Å². The zero-order chi connectivity index (χ0) is 24.0. The highest BCUT2D eigenvalue weighted by molar-refractivity contribution is 7.90. The number of para-hydroxylation sites is 2. The molecule has 3 aromatic carbocycles. The molecule has 0 atom stereocenters. The Hall–Kier alpha value is -3.74. The van der Waals surface area contributed by atoms with Gasteiger partial charge in [0.2, 0.25) is 15.9 Å². The van der Waals surface area contributed by atoms with Gasteiger partial charge in [-0.1, -0.05) is 24.3 Å². The van der Waals surface area contributed by atoms with Gasteiger partial charge in [0.1, 0.15) is 11.6 Å². The van der Waals surface area contributed by atoms with E-state index in [-0.39, 0.29) is 38.1 Å². The number of H-pyrrole nitrogens is 1. The fourth-order valence-corrected chi connectivity index (χ4v) is 4.93. The zero-order valence-electron chi connectivity index (χ0n) is 17.1. The van der Waals surface area contributed by atoms with Gasteiger partial charge in [-0.2, -0.15) is 0 Å². The van der Waals surface area contributed by atoms with Crippen LogP contribution in [0.4, 0.5) is 0 Å². The summed E-state index contributed by atoms with van der Waals surface area (Å²) in [5.74, 6) is -0.967. The number of nitrogens with one attached hydrogen (secondary N) is 2. The van der Waals surface area contributed by atoms with Crippen molar-refractivity contribution in [2.75, 3.05) is 0 Å². The average Bonchev–Trinajstić information content (AvgIpc) is 3.16. The Balaban J connectivity index is 2.01. The first-order chi connectivity index (χ1) is 15.5. The number of primary sulfonamides is 1. The van der Waals surface area contributed by atoms with Crippen molar-refractivity contribution >= 4 is 37.0 Å². The van der Waals surface area contributed by atoms with E-state index in [9.17, 15) is 26.7 Å². The monoisotopic (exact) mass is 486 g/mol. The number of aromatic nitrogens is 2. The number of phenols is 1. The van der Waals surface area contributed by atoms with Crippen LogP contribution in [-0.4, -0.2) is 37.8 Å². The predicted molar refractivity (Wildman–Crippen MR) is 121 cm³/mol. The van der Waals surface area contributed by atoms with Gasteiger partial charge in [0.25, 0.3) is 10.0 Å². The maximum atomic E-state index is 12.8. The molecule has 0 spiro atoms. The molecule has 5 N–H and O–H groups in total. The fourth-order valence-electron chi connectivity index (χ4n) is 3.33. The zero-order valence-corrected chi connectivity index (χ0v) is 18.7. The van der Waals surface area contributed by atoms with E-state index < -0.39 is 26.0 Å². The van der Waals surface area contributed by atoms with Crippen molar-refractivity contribution in [2.24, 2.45) is 5.14 Å². The summed E-state index contributed by atoms with van der Waals surface area (Å²) in [6.07, 6.45) is 0. The highest BCUT2D eigenvalue weighted by Crippen LogP contribution is 2.40. The first-order valence-electron chi connectivity index (χ1n) is 9.44. The maximum Gasteiger partial charge on any atom is 0.264 e. The minimum absolute atomic E-state index is 0.00221. The van der Waals surface area contributed by atoms with Crippen molar-refractivity contribution in [1.82, 2.24) is 14.7 Å². The average molecular weight is 487 g/mol. The van der Waals surface area contributed by atoms with E-state index in [1.165, 1.54) is 30.3 Å². The van der Waals surface area contributed by atoms with Crippen LogP contribution in [0, 0.1) is 0 Å². The number of hydrogen-bond acceptors (Lipinski definition) is 7. The van der Waals surface area contributed by atoms with Crippen LogP contribution in [0.15, 0.2) is 70.5 Å². The molecule has 0 saturated carbocycles. The van der Waals surface area contributed by atoms with Crippen molar-refractivity contribution in [3.8, 4) is 28.3 Å². The van der Waals surface area contributed by atoms with Gasteiger partial charge < -0.3 is 10.1 Å². The molecule has 12 heteroatoms. The van der Waals surface area contributed by atoms with Crippen molar-refractivity contribution in [3.05, 3.63) is 60.7 Å². The van der Waals surface area contributed by atoms with E-state index >= 15 is 0 Å². The van der Waals surface area contributed by atoms with Gasteiger partial charge in [-0.25, -0.2) is 31.7 Å². The lowest BCUT2D eigenvalue weighted by Gasteiger charge is -2.13. The molecule has 4 aromatic rings. The first kappa shape index (κ1) is 22.5. The molecule has 33 heavy (non-hydrogen) atoms. The number of amides is 1. The molecule has 0 bridgehead atoms. The number of aromatic amines is 1. The SMILES string of the molecule is CC(=O)NS(=O)(=O)c1cc(-c2cccc(S(N)(=O)=O)c2)c(O)c(-c2nc3ccccc3[nH]2)c1. The Labute approximate surface area is 189 Å².